The Hall–Kier alpha value is -3.02. The largest absolute Gasteiger partial charge is 0.469 e. The number of hydrogen-bond acceptors (Lipinski definition) is 6. The van der Waals surface area contributed by atoms with E-state index in [0.29, 0.717) is 23.9 Å². The van der Waals surface area contributed by atoms with Gasteiger partial charge in [-0.15, -0.1) is 0 Å². The second kappa shape index (κ2) is 11.9. The van der Waals surface area contributed by atoms with E-state index in [1.54, 1.807) is 12.1 Å². The first kappa shape index (κ1) is 25.6. The number of anilines is 2. The van der Waals surface area contributed by atoms with Crippen molar-refractivity contribution in [2.75, 3.05) is 24.3 Å². The highest BCUT2D eigenvalue weighted by molar-refractivity contribution is 5.89. The third-order valence-electron chi connectivity index (χ3n) is 6.56. The van der Waals surface area contributed by atoms with Crippen LogP contribution in [0.4, 0.5) is 11.4 Å². The second-order valence-electron chi connectivity index (χ2n) is 9.75. The van der Waals surface area contributed by atoms with Crippen molar-refractivity contribution in [3.8, 4) is 0 Å². The first-order chi connectivity index (χ1) is 16.3. The predicted octanol–water partition coefficient (Wildman–Crippen LogP) is 5.57. The summed E-state index contributed by atoms with van der Waals surface area (Å²) in [5.74, 6) is 0.0494. The topological polar surface area (TPSA) is 81.9 Å². The number of carbonyl (C=O) groups is 2. The van der Waals surface area contributed by atoms with Crippen molar-refractivity contribution >= 4 is 23.3 Å². The van der Waals surface area contributed by atoms with Crippen molar-refractivity contribution in [3.63, 3.8) is 0 Å². The Labute approximate surface area is 203 Å². The number of hydrogen-bond donors (Lipinski definition) is 1. The quantitative estimate of drug-likeness (QED) is 0.384. The van der Waals surface area contributed by atoms with Crippen molar-refractivity contribution < 1.29 is 19.1 Å². The molecule has 1 saturated carbocycles. The highest BCUT2D eigenvalue weighted by atomic mass is 16.5. The van der Waals surface area contributed by atoms with Crippen molar-refractivity contribution in [2.24, 2.45) is 5.92 Å². The minimum Gasteiger partial charge on any atom is -0.469 e. The summed E-state index contributed by atoms with van der Waals surface area (Å²) >= 11 is 0. The highest BCUT2D eigenvalue weighted by Crippen LogP contribution is 2.35. The molecule has 1 atom stereocenters. The predicted molar refractivity (Wildman–Crippen MR) is 136 cm³/mol. The molecule has 34 heavy (non-hydrogen) atoms. The molecule has 0 aliphatic heterocycles. The monoisotopic (exact) mass is 466 g/mol. The van der Waals surface area contributed by atoms with Gasteiger partial charge in [-0.1, -0.05) is 45.0 Å². The van der Waals surface area contributed by atoms with Crippen LogP contribution in [0.3, 0.4) is 0 Å². The minimum atomic E-state index is -0.246. The summed E-state index contributed by atoms with van der Waals surface area (Å²) < 4.78 is 10.6. The molecule has 0 amide bonds. The van der Waals surface area contributed by atoms with Crippen LogP contribution in [-0.2, 0) is 14.3 Å². The maximum atomic E-state index is 12.4. The maximum Gasteiger partial charge on any atom is 0.338 e. The van der Waals surface area contributed by atoms with Gasteiger partial charge in [0.15, 0.2) is 0 Å². The van der Waals surface area contributed by atoms with Gasteiger partial charge in [0, 0.05) is 12.6 Å². The van der Waals surface area contributed by atoms with Gasteiger partial charge in [-0.25, -0.2) is 4.79 Å². The summed E-state index contributed by atoms with van der Waals surface area (Å²) in [6.45, 7) is 7.34. The normalized spacial score (nSPS) is 18.9. The fourth-order valence-corrected chi connectivity index (χ4v) is 4.70. The van der Waals surface area contributed by atoms with Crippen LogP contribution in [0.5, 0.6) is 0 Å². The van der Waals surface area contributed by atoms with Crippen LogP contribution in [0, 0.1) is 5.92 Å². The van der Waals surface area contributed by atoms with Crippen LogP contribution in [0.25, 0.3) is 0 Å². The molecule has 1 fully saturated rings. The molecule has 0 spiro atoms. The van der Waals surface area contributed by atoms with Crippen molar-refractivity contribution in [2.45, 2.75) is 70.9 Å². The molecule has 1 aliphatic rings. The standard InChI is InChI=1S/C28H38N2O4/c1-19(2)18-30(26-15-10-22(17-25(26)29)20(3)16-27(31)33-4)23-11-13-24(14-12-23)34-28(32)21-8-6-5-7-9-21/h5-10,15,17,19-20,23-24H,11-14,16,18,29H2,1-4H3. The lowest BCUT2D eigenvalue weighted by molar-refractivity contribution is -0.140. The highest BCUT2D eigenvalue weighted by Gasteiger charge is 2.29. The fourth-order valence-electron chi connectivity index (χ4n) is 4.70. The lowest BCUT2D eigenvalue weighted by Gasteiger charge is -2.40. The number of nitrogens with two attached hydrogens (primary N) is 1. The molecule has 6 heteroatoms. The zero-order chi connectivity index (χ0) is 24.7. The van der Waals surface area contributed by atoms with E-state index in [-0.39, 0.29) is 24.0 Å². The number of carbonyl (C=O) groups excluding carboxylic acids is 2. The molecule has 0 bridgehead atoms. The number of benzene rings is 2. The van der Waals surface area contributed by atoms with E-state index in [2.05, 4.69) is 30.9 Å². The minimum absolute atomic E-state index is 0.0390. The third kappa shape index (κ3) is 6.75. The first-order valence-corrected chi connectivity index (χ1v) is 12.3. The molecule has 2 aromatic rings. The van der Waals surface area contributed by atoms with E-state index in [0.717, 1.165) is 49.2 Å². The van der Waals surface area contributed by atoms with E-state index in [4.69, 9.17) is 15.2 Å². The van der Waals surface area contributed by atoms with Gasteiger partial charge in [0.05, 0.1) is 30.5 Å². The maximum absolute atomic E-state index is 12.4. The van der Waals surface area contributed by atoms with E-state index < -0.39 is 0 Å². The molecule has 3 rings (SSSR count). The molecule has 6 nitrogen and oxygen atoms in total. The third-order valence-corrected chi connectivity index (χ3v) is 6.56. The van der Waals surface area contributed by atoms with Gasteiger partial charge in [0.25, 0.3) is 0 Å². The number of esters is 2. The molecule has 0 radical (unpaired) electrons. The summed E-state index contributed by atoms with van der Waals surface area (Å²) in [5, 5.41) is 0. The van der Waals surface area contributed by atoms with Crippen LogP contribution in [0.1, 0.15) is 74.7 Å². The van der Waals surface area contributed by atoms with E-state index >= 15 is 0 Å². The SMILES string of the molecule is COC(=O)CC(C)c1ccc(N(CC(C)C)C2CCC(OC(=O)c3ccccc3)CC2)c(N)c1. The molecule has 0 aromatic heterocycles. The number of methoxy groups -OCH3 is 1. The van der Waals surface area contributed by atoms with Crippen LogP contribution >= 0.6 is 0 Å². The molecule has 1 aliphatic carbocycles. The van der Waals surface area contributed by atoms with E-state index in [9.17, 15) is 9.59 Å². The Bertz CT molecular complexity index is 952. The average Bonchev–Trinajstić information content (AvgIpc) is 2.83. The summed E-state index contributed by atoms with van der Waals surface area (Å²) in [6, 6.07) is 15.7. The molecule has 2 aromatic carbocycles. The van der Waals surface area contributed by atoms with Gasteiger partial charge in [0.1, 0.15) is 6.10 Å². The molecule has 1 unspecified atom stereocenters. The molecular weight excluding hydrogens is 428 g/mol. The van der Waals surface area contributed by atoms with Gasteiger partial charge < -0.3 is 20.1 Å². The smallest absolute Gasteiger partial charge is 0.338 e. The number of ether oxygens (including phenoxy) is 2. The average molecular weight is 467 g/mol. The van der Waals surface area contributed by atoms with Gasteiger partial charge in [0.2, 0.25) is 0 Å². The molecular formula is C28H38N2O4. The van der Waals surface area contributed by atoms with Gasteiger partial charge >= 0.3 is 11.9 Å². The first-order valence-electron chi connectivity index (χ1n) is 12.3. The zero-order valence-electron chi connectivity index (χ0n) is 20.8. The fraction of sp³-hybridized carbons (Fsp3) is 0.500. The molecule has 0 saturated heterocycles. The summed E-state index contributed by atoms with van der Waals surface area (Å²) in [4.78, 5) is 26.5. The summed E-state index contributed by atoms with van der Waals surface area (Å²) in [5.41, 5.74) is 9.93. The number of nitrogen functional groups attached to an aromatic ring is 1. The Morgan fingerprint density at radius 1 is 1.03 bits per heavy atom. The zero-order valence-corrected chi connectivity index (χ0v) is 20.8. The number of nitrogens with zero attached hydrogens (tertiary/aromatic N) is 1. The number of rotatable bonds is 9. The lowest BCUT2D eigenvalue weighted by atomic mass is 9.90. The molecule has 184 valence electrons. The van der Waals surface area contributed by atoms with Crippen molar-refractivity contribution in [3.05, 3.63) is 59.7 Å². The van der Waals surface area contributed by atoms with Gasteiger partial charge in [-0.05, 0) is 67.3 Å². The van der Waals surface area contributed by atoms with Crippen molar-refractivity contribution in [1.29, 1.82) is 0 Å². The Kier molecular flexibility index (Phi) is 8.97. The van der Waals surface area contributed by atoms with Gasteiger partial charge in [-0.3, -0.25) is 4.79 Å². The molecule has 0 heterocycles. The van der Waals surface area contributed by atoms with Crippen LogP contribution in [0.15, 0.2) is 48.5 Å². The van der Waals surface area contributed by atoms with Crippen molar-refractivity contribution in [1.82, 2.24) is 0 Å². The van der Waals surface area contributed by atoms with Gasteiger partial charge in [-0.2, -0.15) is 0 Å². The molecule has 2 N–H and O–H groups in total. The Morgan fingerprint density at radius 2 is 1.71 bits per heavy atom. The van der Waals surface area contributed by atoms with E-state index in [1.807, 2.05) is 31.2 Å². The van der Waals surface area contributed by atoms with E-state index in [1.165, 1.54) is 7.11 Å². The van der Waals surface area contributed by atoms with Crippen LogP contribution in [0.2, 0.25) is 0 Å². The Morgan fingerprint density at radius 3 is 2.29 bits per heavy atom. The summed E-state index contributed by atoms with van der Waals surface area (Å²) in [7, 11) is 1.41. The van der Waals surface area contributed by atoms with Crippen LogP contribution in [-0.4, -0.2) is 37.7 Å². The van der Waals surface area contributed by atoms with Crippen LogP contribution < -0.4 is 10.6 Å². The Balaban J connectivity index is 1.67. The summed E-state index contributed by atoms with van der Waals surface area (Å²) in [6.07, 6.45) is 3.84. The lowest BCUT2D eigenvalue weighted by Crippen LogP contribution is -2.42. The second-order valence-corrected chi connectivity index (χ2v) is 9.75.